The molecule has 1 amide bonds. The smallest absolute Gasteiger partial charge is 0.428 e. The molecule has 1 heterocycles. The molecule has 5 nitrogen and oxygen atoms in total. The number of nitrogens with one attached hydrogen (secondary N) is 1. The molecular weight excluding hydrogens is 426 g/mol. The molecule has 2 aromatic carbocycles. The zero-order valence-corrected chi connectivity index (χ0v) is 16.6. The Bertz CT molecular complexity index is 1070. The SMILES string of the molecule is Cc1nn(-c2ccc(NC(=O)c3cccc(OC(F)(F)C(F)F)c3)cc2)c(C)c1Cl. The van der Waals surface area contributed by atoms with Gasteiger partial charge in [0.1, 0.15) is 5.75 Å². The van der Waals surface area contributed by atoms with E-state index in [1.165, 1.54) is 12.1 Å². The lowest BCUT2D eigenvalue weighted by molar-refractivity contribution is -0.253. The van der Waals surface area contributed by atoms with Crippen molar-refractivity contribution in [2.45, 2.75) is 26.4 Å². The molecule has 3 aromatic rings. The molecule has 1 N–H and O–H groups in total. The highest BCUT2D eigenvalue weighted by Gasteiger charge is 2.44. The molecule has 0 aliphatic heterocycles. The van der Waals surface area contributed by atoms with Crippen molar-refractivity contribution in [1.29, 1.82) is 0 Å². The Morgan fingerprint density at radius 2 is 1.83 bits per heavy atom. The number of carbonyl (C=O) groups excluding carboxylic acids is 1. The predicted molar refractivity (Wildman–Crippen MR) is 104 cm³/mol. The molecular formula is C20H16ClF4N3O2. The third kappa shape index (κ3) is 4.56. The van der Waals surface area contributed by atoms with Gasteiger partial charge in [-0.05, 0) is 56.3 Å². The van der Waals surface area contributed by atoms with Crippen molar-refractivity contribution >= 4 is 23.2 Å². The first-order valence-electron chi connectivity index (χ1n) is 8.67. The third-order valence-corrected chi connectivity index (χ3v) is 4.72. The molecule has 0 aliphatic rings. The van der Waals surface area contributed by atoms with Gasteiger partial charge in [-0.2, -0.15) is 22.7 Å². The zero-order valence-electron chi connectivity index (χ0n) is 15.8. The second-order valence-corrected chi connectivity index (χ2v) is 6.77. The Labute approximate surface area is 174 Å². The molecule has 1 aromatic heterocycles. The van der Waals surface area contributed by atoms with Crippen LogP contribution in [-0.2, 0) is 0 Å². The Morgan fingerprint density at radius 3 is 2.40 bits per heavy atom. The van der Waals surface area contributed by atoms with Crippen molar-refractivity contribution in [2.75, 3.05) is 5.32 Å². The number of hydrogen-bond donors (Lipinski definition) is 1. The molecule has 0 aliphatic carbocycles. The quantitative estimate of drug-likeness (QED) is 0.504. The van der Waals surface area contributed by atoms with Gasteiger partial charge in [-0.15, -0.1) is 0 Å². The van der Waals surface area contributed by atoms with Gasteiger partial charge in [-0.3, -0.25) is 4.79 Å². The maximum Gasteiger partial charge on any atom is 0.461 e. The van der Waals surface area contributed by atoms with Gasteiger partial charge in [0.15, 0.2) is 0 Å². The average Bonchev–Trinajstić information content (AvgIpc) is 2.95. The van der Waals surface area contributed by atoms with E-state index in [0.29, 0.717) is 16.4 Å². The Hall–Kier alpha value is -3.07. The van der Waals surface area contributed by atoms with Gasteiger partial charge in [-0.1, -0.05) is 17.7 Å². The largest absolute Gasteiger partial charge is 0.461 e. The first-order valence-corrected chi connectivity index (χ1v) is 9.05. The lowest BCUT2D eigenvalue weighted by atomic mass is 10.2. The van der Waals surface area contributed by atoms with Gasteiger partial charge >= 0.3 is 12.5 Å². The van der Waals surface area contributed by atoms with E-state index in [1.54, 1.807) is 35.9 Å². The summed E-state index contributed by atoms with van der Waals surface area (Å²) in [6.07, 6.45) is -8.65. The van der Waals surface area contributed by atoms with Crippen molar-refractivity contribution in [3.05, 3.63) is 70.5 Å². The highest BCUT2D eigenvalue weighted by molar-refractivity contribution is 6.31. The van der Waals surface area contributed by atoms with E-state index in [2.05, 4.69) is 15.2 Å². The second-order valence-electron chi connectivity index (χ2n) is 6.39. The van der Waals surface area contributed by atoms with Crippen LogP contribution in [0.4, 0.5) is 23.2 Å². The summed E-state index contributed by atoms with van der Waals surface area (Å²) in [5, 5.41) is 7.50. The minimum atomic E-state index is -4.66. The fourth-order valence-electron chi connectivity index (χ4n) is 2.67. The Kier molecular flexibility index (Phi) is 6.02. The van der Waals surface area contributed by atoms with Gasteiger partial charge in [0.2, 0.25) is 0 Å². The van der Waals surface area contributed by atoms with Crippen LogP contribution in [0.15, 0.2) is 48.5 Å². The Balaban J connectivity index is 1.73. The number of ether oxygens (including phenoxy) is 1. The fourth-order valence-corrected chi connectivity index (χ4v) is 2.78. The molecule has 3 rings (SSSR count). The molecule has 10 heteroatoms. The summed E-state index contributed by atoms with van der Waals surface area (Å²) >= 11 is 6.15. The van der Waals surface area contributed by atoms with Gasteiger partial charge < -0.3 is 10.1 Å². The van der Waals surface area contributed by atoms with Crippen LogP contribution in [0.2, 0.25) is 5.02 Å². The summed E-state index contributed by atoms with van der Waals surface area (Å²) in [4.78, 5) is 12.4. The van der Waals surface area contributed by atoms with Crippen molar-refractivity contribution in [3.8, 4) is 11.4 Å². The van der Waals surface area contributed by atoms with Crippen LogP contribution in [-0.4, -0.2) is 28.2 Å². The summed E-state index contributed by atoms with van der Waals surface area (Å²) in [5.74, 6) is -1.17. The van der Waals surface area contributed by atoms with E-state index in [0.717, 1.165) is 23.5 Å². The molecule has 0 saturated carbocycles. The molecule has 0 fully saturated rings. The average molecular weight is 442 g/mol. The number of rotatable bonds is 6. The summed E-state index contributed by atoms with van der Waals surface area (Å²) in [6, 6.07) is 11.3. The zero-order chi connectivity index (χ0) is 22.1. The van der Waals surface area contributed by atoms with E-state index in [1.807, 2.05) is 6.92 Å². The number of anilines is 1. The highest BCUT2D eigenvalue weighted by atomic mass is 35.5. The molecule has 0 saturated heterocycles. The van der Waals surface area contributed by atoms with Crippen LogP contribution >= 0.6 is 11.6 Å². The first kappa shape index (κ1) is 21.6. The monoisotopic (exact) mass is 441 g/mol. The summed E-state index contributed by atoms with van der Waals surface area (Å²) in [5.41, 5.74) is 2.58. The van der Waals surface area contributed by atoms with Crippen molar-refractivity contribution in [1.82, 2.24) is 9.78 Å². The van der Waals surface area contributed by atoms with Gasteiger partial charge in [0.05, 0.1) is 22.1 Å². The highest BCUT2D eigenvalue weighted by Crippen LogP contribution is 2.28. The molecule has 0 bridgehead atoms. The lowest BCUT2D eigenvalue weighted by Crippen LogP contribution is -2.33. The van der Waals surface area contributed by atoms with Crippen LogP contribution in [0.25, 0.3) is 5.69 Å². The van der Waals surface area contributed by atoms with Crippen LogP contribution < -0.4 is 10.1 Å². The van der Waals surface area contributed by atoms with E-state index in [-0.39, 0.29) is 5.56 Å². The van der Waals surface area contributed by atoms with Crippen LogP contribution in [0.1, 0.15) is 21.7 Å². The number of benzene rings is 2. The number of aryl methyl sites for hydroxylation is 1. The van der Waals surface area contributed by atoms with Gasteiger partial charge in [0, 0.05) is 11.3 Å². The maximum atomic E-state index is 13.1. The van der Waals surface area contributed by atoms with Crippen molar-refractivity contribution in [2.24, 2.45) is 0 Å². The summed E-state index contributed by atoms with van der Waals surface area (Å²) < 4.78 is 56.3. The van der Waals surface area contributed by atoms with Crippen molar-refractivity contribution in [3.63, 3.8) is 0 Å². The lowest BCUT2D eigenvalue weighted by Gasteiger charge is -2.17. The number of aromatic nitrogens is 2. The van der Waals surface area contributed by atoms with E-state index < -0.39 is 24.2 Å². The molecule has 158 valence electrons. The van der Waals surface area contributed by atoms with Gasteiger partial charge in [-0.25, -0.2) is 4.68 Å². The van der Waals surface area contributed by atoms with Crippen molar-refractivity contribution < 1.29 is 27.1 Å². The number of nitrogens with zero attached hydrogens (tertiary/aromatic N) is 2. The fraction of sp³-hybridized carbons (Fsp3) is 0.200. The van der Waals surface area contributed by atoms with Crippen LogP contribution in [0, 0.1) is 13.8 Å². The van der Waals surface area contributed by atoms with Gasteiger partial charge in [0.25, 0.3) is 5.91 Å². The standard InChI is InChI=1S/C20H16ClF4N3O2/c1-11-17(21)12(2)28(27-11)15-8-6-14(7-9-15)26-18(29)13-4-3-5-16(10-13)30-20(24,25)19(22)23/h3-10,19H,1-2H3,(H,26,29). The normalized spacial score (nSPS) is 11.6. The van der Waals surface area contributed by atoms with Crippen LogP contribution in [0.5, 0.6) is 5.75 Å². The molecule has 0 radical (unpaired) electrons. The Morgan fingerprint density at radius 1 is 1.17 bits per heavy atom. The van der Waals surface area contributed by atoms with E-state index in [4.69, 9.17) is 11.6 Å². The summed E-state index contributed by atoms with van der Waals surface area (Å²) in [7, 11) is 0. The summed E-state index contributed by atoms with van der Waals surface area (Å²) in [6.45, 7) is 3.61. The first-order chi connectivity index (χ1) is 14.1. The molecule has 30 heavy (non-hydrogen) atoms. The molecule has 0 unspecified atom stereocenters. The molecule has 0 atom stereocenters. The molecule has 0 spiro atoms. The van der Waals surface area contributed by atoms with Crippen LogP contribution in [0.3, 0.4) is 0 Å². The number of amides is 1. The number of alkyl halides is 4. The minimum absolute atomic E-state index is 0.0352. The van der Waals surface area contributed by atoms with E-state index in [9.17, 15) is 22.4 Å². The predicted octanol–water partition coefficient (Wildman–Crippen LogP) is 5.63. The minimum Gasteiger partial charge on any atom is -0.428 e. The number of carbonyl (C=O) groups is 1. The number of halogens is 5. The third-order valence-electron chi connectivity index (χ3n) is 4.18. The maximum absolute atomic E-state index is 13.1. The van der Waals surface area contributed by atoms with E-state index >= 15 is 0 Å². The topological polar surface area (TPSA) is 56.2 Å². The second kappa shape index (κ2) is 8.35. The number of hydrogen-bond acceptors (Lipinski definition) is 3.